The molecule has 138 valence electrons. The number of aromatic nitrogens is 1. The predicted octanol–water partition coefficient (Wildman–Crippen LogP) is 5.15. The Labute approximate surface area is 177 Å². The van der Waals surface area contributed by atoms with Gasteiger partial charge < -0.3 is 15.1 Å². The first-order chi connectivity index (χ1) is 13.0. The largest absolute Gasteiger partial charge is 0.378 e. The highest BCUT2D eigenvalue weighted by Gasteiger charge is 2.41. The monoisotopic (exact) mass is 458 g/mol. The third kappa shape index (κ3) is 3.59. The summed E-state index contributed by atoms with van der Waals surface area (Å²) in [5.74, 6) is 0. The molecule has 1 aromatic carbocycles. The second-order valence-corrected chi connectivity index (χ2v) is 9.43. The number of anilines is 2. The van der Waals surface area contributed by atoms with Gasteiger partial charge in [-0.3, -0.25) is 4.98 Å². The van der Waals surface area contributed by atoms with Crippen LogP contribution >= 0.6 is 39.5 Å². The van der Waals surface area contributed by atoms with Gasteiger partial charge in [0.1, 0.15) is 0 Å². The summed E-state index contributed by atoms with van der Waals surface area (Å²) in [6.07, 6.45) is 1.83. The molecule has 1 aliphatic rings. The van der Waals surface area contributed by atoms with Crippen LogP contribution in [0.15, 0.2) is 64.6 Å². The molecular weight excluding hydrogens is 440 g/mol. The summed E-state index contributed by atoms with van der Waals surface area (Å²) in [6, 6.07) is 18.8. The van der Waals surface area contributed by atoms with Crippen LogP contribution in [0.2, 0.25) is 0 Å². The molecule has 7 heteroatoms. The molecule has 2 aromatic heterocycles. The number of benzene rings is 1. The number of hydrogen-bond acceptors (Lipinski definition) is 4. The maximum atomic E-state index is 5.74. The van der Waals surface area contributed by atoms with Crippen molar-refractivity contribution < 1.29 is 0 Å². The molecule has 0 bridgehead atoms. The van der Waals surface area contributed by atoms with Gasteiger partial charge in [-0.1, -0.05) is 6.07 Å². The van der Waals surface area contributed by atoms with Gasteiger partial charge in [-0.05, 0) is 76.7 Å². The lowest BCUT2D eigenvalue weighted by atomic mass is 10.0. The molecule has 1 N–H and O–H groups in total. The minimum Gasteiger partial charge on any atom is -0.378 e. The lowest BCUT2D eigenvalue weighted by molar-refractivity contribution is 0.575. The summed E-state index contributed by atoms with van der Waals surface area (Å²) < 4.78 is 1.11. The van der Waals surface area contributed by atoms with Crippen molar-refractivity contribution in [3.63, 3.8) is 0 Å². The zero-order valence-corrected chi connectivity index (χ0v) is 18.2. The van der Waals surface area contributed by atoms with Crippen molar-refractivity contribution in [2.24, 2.45) is 0 Å². The summed E-state index contributed by atoms with van der Waals surface area (Å²) >= 11 is 11.1. The van der Waals surface area contributed by atoms with Crippen molar-refractivity contribution in [3.8, 4) is 0 Å². The van der Waals surface area contributed by atoms with Crippen molar-refractivity contribution in [3.05, 3.63) is 75.2 Å². The fraction of sp³-hybridized carbons (Fsp3) is 0.200. The van der Waals surface area contributed by atoms with Crippen LogP contribution in [0.5, 0.6) is 0 Å². The van der Waals surface area contributed by atoms with E-state index in [0.29, 0.717) is 0 Å². The Bertz CT molecular complexity index is 940. The van der Waals surface area contributed by atoms with Gasteiger partial charge in [0.25, 0.3) is 0 Å². The van der Waals surface area contributed by atoms with E-state index in [1.807, 2.05) is 32.4 Å². The summed E-state index contributed by atoms with van der Waals surface area (Å²) in [7, 11) is 4.08. The third-order valence-electron chi connectivity index (χ3n) is 4.63. The van der Waals surface area contributed by atoms with Crippen LogP contribution in [0.25, 0.3) is 0 Å². The highest BCUT2D eigenvalue weighted by molar-refractivity contribution is 9.11. The van der Waals surface area contributed by atoms with E-state index >= 15 is 0 Å². The van der Waals surface area contributed by atoms with Gasteiger partial charge in [0.15, 0.2) is 5.11 Å². The van der Waals surface area contributed by atoms with E-state index < -0.39 is 0 Å². The molecule has 3 aromatic rings. The number of halogens is 1. The highest BCUT2D eigenvalue weighted by Crippen LogP contribution is 2.44. The minimum absolute atomic E-state index is 0.00206. The van der Waals surface area contributed by atoms with Crippen LogP contribution in [0, 0.1) is 0 Å². The molecule has 1 fully saturated rings. The van der Waals surface area contributed by atoms with Gasteiger partial charge in [0.05, 0.1) is 21.6 Å². The number of hydrogen-bond donors (Lipinski definition) is 1. The maximum Gasteiger partial charge on any atom is 0.174 e. The van der Waals surface area contributed by atoms with Gasteiger partial charge in [0.2, 0.25) is 0 Å². The van der Waals surface area contributed by atoms with Gasteiger partial charge in [-0.25, -0.2) is 0 Å². The number of thiophene rings is 1. The summed E-state index contributed by atoms with van der Waals surface area (Å²) in [6.45, 7) is 0. The molecule has 27 heavy (non-hydrogen) atoms. The fourth-order valence-corrected chi connectivity index (χ4v) is 5.22. The molecule has 0 spiro atoms. The fourth-order valence-electron chi connectivity index (χ4n) is 3.32. The van der Waals surface area contributed by atoms with Crippen LogP contribution in [0.1, 0.15) is 22.7 Å². The van der Waals surface area contributed by atoms with E-state index in [1.54, 1.807) is 11.3 Å². The van der Waals surface area contributed by atoms with Crippen molar-refractivity contribution in [1.82, 2.24) is 10.3 Å². The van der Waals surface area contributed by atoms with Gasteiger partial charge in [-0.15, -0.1) is 11.3 Å². The molecule has 2 atom stereocenters. The number of thiocarbonyl (C=S) groups is 1. The predicted molar refractivity (Wildman–Crippen MR) is 121 cm³/mol. The van der Waals surface area contributed by atoms with E-state index in [2.05, 4.69) is 78.5 Å². The molecule has 1 saturated heterocycles. The van der Waals surface area contributed by atoms with Crippen molar-refractivity contribution in [2.45, 2.75) is 12.1 Å². The maximum absolute atomic E-state index is 5.74. The van der Waals surface area contributed by atoms with Crippen LogP contribution in [-0.2, 0) is 0 Å². The third-order valence-corrected chi connectivity index (χ3v) is 6.64. The lowest BCUT2D eigenvalue weighted by Gasteiger charge is -2.27. The SMILES string of the molecule is CN(C)c1ccc(N2C(=S)N[C@@H](c3ccccn3)[C@@H]2c2ccc(Br)s2)cc1. The highest BCUT2D eigenvalue weighted by atomic mass is 79.9. The number of rotatable bonds is 4. The van der Waals surface area contributed by atoms with Crippen molar-refractivity contribution >= 4 is 56.0 Å². The molecule has 1 aliphatic heterocycles. The van der Waals surface area contributed by atoms with Gasteiger partial charge >= 0.3 is 0 Å². The normalized spacial score (nSPS) is 19.2. The van der Waals surface area contributed by atoms with E-state index in [0.717, 1.165) is 26.0 Å². The summed E-state index contributed by atoms with van der Waals surface area (Å²) in [4.78, 5) is 10.1. The number of nitrogens with one attached hydrogen (secondary N) is 1. The van der Waals surface area contributed by atoms with E-state index in [-0.39, 0.29) is 12.1 Å². The average Bonchev–Trinajstić information content (AvgIpc) is 3.25. The molecule has 0 unspecified atom stereocenters. The Balaban J connectivity index is 1.78. The molecule has 0 aliphatic carbocycles. The standard InChI is InChI=1S/C20H19BrN4S2/c1-24(2)13-6-8-14(9-7-13)25-19(16-10-11-17(21)27-16)18(23-20(25)26)15-5-3-4-12-22-15/h3-12,18-19H,1-2H3,(H,23,26)/t18-,19-/m0/s1. The minimum atomic E-state index is -0.00206. The van der Waals surface area contributed by atoms with E-state index in [1.165, 1.54) is 4.88 Å². The second-order valence-electron chi connectivity index (χ2n) is 6.55. The first kappa shape index (κ1) is 18.4. The van der Waals surface area contributed by atoms with Gasteiger partial charge in [-0.2, -0.15) is 0 Å². The zero-order valence-electron chi connectivity index (χ0n) is 15.0. The topological polar surface area (TPSA) is 31.4 Å². The van der Waals surface area contributed by atoms with Crippen molar-refractivity contribution in [1.29, 1.82) is 0 Å². The lowest BCUT2D eigenvalue weighted by Crippen LogP contribution is -2.29. The molecule has 4 rings (SSSR count). The summed E-state index contributed by atoms with van der Waals surface area (Å²) in [5, 5.41) is 4.21. The molecule has 3 heterocycles. The van der Waals surface area contributed by atoms with Crippen LogP contribution in [0.3, 0.4) is 0 Å². The first-order valence-electron chi connectivity index (χ1n) is 8.58. The Morgan fingerprint density at radius 1 is 1.11 bits per heavy atom. The Kier molecular flexibility index (Phi) is 5.16. The molecule has 0 radical (unpaired) electrons. The van der Waals surface area contributed by atoms with Crippen LogP contribution < -0.4 is 15.1 Å². The number of pyridine rings is 1. The van der Waals surface area contributed by atoms with Crippen LogP contribution in [0.4, 0.5) is 11.4 Å². The van der Waals surface area contributed by atoms with E-state index in [9.17, 15) is 0 Å². The number of nitrogens with zero attached hydrogens (tertiary/aromatic N) is 3. The zero-order chi connectivity index (χ0) is 19.0. The van der Waals surface area contributed by atoms with Crippen molar-refractivity contribution in [2.75, 3.05) is 23.9 Å². The Morgan fingerprint density at radius 2 is 1.89 bits per heavy atom. The van der Waals surface area contributed by atoms with Crippen LogP contribution in [-0.4, -0.2) is 24.2 Å². The second kappa shape index (κ2) is 7.58. The smallest absolute Gasteiger partial charge is 0.174 e. The summed E-state index contributed by atoms with van der Waals surface area (Å²) in [5.41, 5.74) is 3.22. The van der Waals surface area contributed by atoms with E-state index in [4.69, 9.17) is 12.2 Å². The molecule has 4 nitrogen and oxygen atoms in total. The molecule has 0 amide bonds. The average molecular weight is 459 g/mol. The Morgan fingerprint density at radius 3 is 2.48 bits per heavy atom. The van der Waals surface area contributed by atoms with Gasteiger partial charge in [0, 0.05) is 36.5 Å². The first-order valence-corrected chi connectivity index (χ1v) is 10.6. The molecular formula is C20H19BrN4S2. The quantitative estimate of drug-likeness (QED) is 0.546. The Hall–Kier alpha value is -1.96. The molecule has 0 saturated carbocycles.